The molecule has 0 N–H and O–H groups in total. The Labute approximate surface area is 411 Å². The summed E-state index contributed by atoms with van der Waals surface area (Å²) in [6, 6.07) is 0. The van der Waals surface area contributed by atoms with Crippen molar-refractivity contribution in [3.05, 3.63) is 134 Å². The molecule has 0 saturated heterocycles. The molecule has 0 aromatic rings. The van der Waals surface area contributed by atoms with E-state index in [1.54, 1.807) is 0 Å². The first-order valence-corrected chi connectivity index (χ1v) is 26.7. The van der Waals surface area contributed by atoms with E-state index >= 15 is 0 Å². The zero-order valence-electron chi connectivity index (χ0n) is 42.9. The number of allylic oxidation sites excluding steroid dienone is 22. The first-order chi connectivity index (χ1) is 33.0. The SMILES string of the molecule is CC\C=C/C=C\C=C/C=C\CCCCCC(=O)OCC(COC(=O)CC/C=C\C/C=C\C/C=C\C/C=C\C/C=C\C/C=C\CC)OC(=O)CCCCCCCCC/C=C\CCCCCCCC. The van der Waals surface area contributed by atoms with Crippen LogP contribution in [0.4, 0.5) is 0 Å². The highest BCUT2D eigenvalue weighted by Crippen LogP contribution is 2.13. The first kappa shape index (κ1) is 62.5. The van der Waals surface area contributed by atoms with Crippen molar-refractivity contribution >= 4 is 17.9 Å². The highest BCUT2D eigenvalue weighted by atomic mass is 16.6. The van der Waals surface area contributed by atoms with E-state index in [1.807, 2.05) is 48.6 Å². The Morgan fingerprint density at radius 3 is 1.19 bits per heavy atom. The molecule has 67 heavy (non-hydrogen) atoms. The number of carbonyl (C=O) groups excluding carboxylic acids is 3. The first-order valence-electron chi connectivity index (χ1n) is 26.7. The largest absolute Gasteiger partial charge is 0.462 e. The third-order valence-corrected chi connectivity index (χ3v) is 10.7. The van der Waals surface area contributed by atoms with Crippen LogP contribution in [0.3, 0.4) is 0 Å². The molecule has 6 heteroatoms. The predicted molar refractivity (Wildman–Crippen MR) is 288 cm³/mol. The van der Waals surface area contributed by atoms with E-state index in [-0.39, 0.29) is 37.5 Å². The van der Waals surface area contributed by atoms with Crippen LogP contribution >= 0.6 is 0 Å². The van der Waals surface area contributed by atoms with Crippen molar-refractivity contribution in [2.45, 2.75) is 219 Å². The van der Waals surface area contributed by atoms with Gasteiger partial charge in [-0.05, 0) is 103 Å². The Morgan fingerprint density at radius 2 is 0.687 bits per heavy atom. The lowest BCUT2D eigenvalue weighted by Gasteiger charge is -2.18. The van der Waals surface area contributed by atoms with E-state index in [1.165, 1.54) is 77.0 Å². The molecule has 0 spiro atoms. The van der Waals surface area contributed by atoms with Gasteiger partial charge in [0.25, 0.3) is 0 Å². The molecular weight excluding hydrogens is 829 g/mol. The molecule has 0 bridgehead atoms. The molecule has 0 aliphatic heterocycles. The van der Waals surface area contributed by atoms with E-state index in [0.29, 0.717) is 19.3 Å². The molecule has 0 aromatic carbocycles. The molecule has 6 nitrogen and oxygen atoms in total. The van der Waals surface area contributed by atoms with Gasteiger partial charge in [-0.25, -0.2) is 0 Å². The van der Waals surface area contributed by atoms with Gasteiger partial charge in [-0.2, -0.15) is 0 Å². The standard InChI is InChI=1S/C61H96O6/c1-4-7-10-13-16-19-22-25-27-29-30-32-33-36-39-42-45-48-51-54-60(63)66-57-58(56-65-59(62)53-50-47-44-41-38-35-24-21-18-15-12-9-6-3)67-61(64)55-52-49-46-43-40-37-34-31-28-26-23-20-17-14-11-8-5-2/h7,9-10,12,15-16,18-19,21,24-28,30,32,35-36,38-39,45,48,58H,4-6,8,11,13-14,17,20,22-23,29,31,33-34,37,40-44,46-47,49-57H2,1-3H3/b10-7-,12-9-,18-15-,19-16-,24-21-,27-25-,28-26-,32-30-,38-35-,39-36-,48-45-. The van der Waals surface area contributed by atoms with E-state index in [4.69, 9.17) is 14.2 Å². The summed E-state index contributed by atoms with van der Waals surface area (Å²) in [5.74, 6) is -1.06. The lowest BCUT2D eigenvalue weighted by Crippen LogP contribution is -2.30. The monoisotopic (exact) mass is 925 g/mol. The molecule has 376 valence electrons. The van der Waals surface area contributed by atoms with Crippen LogP contribution in [-0.4, -0.2) is 37.2 Å². The van der Waals surface area contributed by atoms with Gasteiger partial charge in [0.2, 0.25) is 0 Å². The second-order valence-corrected chi connectivity index (χ2v) is 17.1. The quantitative estimate of drug-likeness (QED) is 0.0199. The average Bonchev–Trinajstić information content (AvgIpc) is 3.33. The highest BCUT2D eigenvalue weighted by Gasteiger charge is 2.19. The molecule has 0 amide bonds. The van der Waals surface area contributed by atoms with Crippen molar-refractivity contribution in [3.63, 3.8) is 0 Å². The number of unbranched alkanes of at least 4 members (excludes halogenated alkanes) is 16. The number of carbonyl (C=O) groups is 3. The second kappa shape index (κ2) is 54.2. The smallest absolute Gasteiger partial charge is 0.306 e. The van der Waals surface area contributed by atoms with Gasteiger partial charge in [-0.1, -0.05) is 225 Å². The van der Waals surface area contributed by atoms with Gasteiger partial charge in [-0.15, -0.1) is 0 Å². The molecule has 1 unspecified atom stereocenters. The molecular formula is C61H96O6. The Hall–Kier alpha value is -4.45. The molecule has 0 aromatic heterocycles. The lowest BCUT2D eigenvalue weighted by molar-refractivity contribution is -0.166. The minimum Gasteiger partial charge on any atom is -0.462 e. The van der Waals surface area contributed by atoms with Crippen molar-refractivity contribution in [1.82, 2.24) is 0 Å². The van der Waals surface area contributed by atoms with E-state index < -0.39 is 6.10 Å². The summed E-state index contributed by atoms with van der Waals surface area (Å²) in [6.07, 6.45) is 75.9. The molecule has 0 saturated carbocycles. The van der Waals surface area contributed by atoms with Gasteiger partial charge < -0.3 is 14.2 Å². The molecule has 0 aliphatic carbocycles. The van der Waals surface area contributed by atoms with Gasteiger partial charge in [0.1, 0.15) is 13.2 Å². The van der Waals surface area contributed by atoms with Crippen LogP contribution in [0.25, 0.3) is 0 Å². The summed E-state index contributed by atoms with van der Waals surface area (Å²) in [5.41, 5.74) is 0. The van der Waals surface area contributed by atoms with Crippen molar-refractivity contribution < 1.29 is 28.6 Å². The minimum atomic E-state index is -0.832. The van der Waals surface area contributed by atoms with Crippen molar-refractivity contribution in [2.24, 2.45) is 0 Å². The number of esters is 3. The van der Waals surface area contributed by atoms with Crippen molar-refractivity contribution in [3.8, 4) is 0 Å². The van der Waals surface area contributed by atoms with Crippen molar-refractivity contribution in [2.75, 3.05) is 13.2 Å². The maximum Gasteiger partial charge on any atom is 0.306 e. The lowest BCUT2D eigenvalue weighted by atomic mass is 10.1. The summed E-state index contributed by atoms with van der Waals surface area (Å²) < 4.78 is 16.7. The number of rotatable bonds is 46. The maximum absolute atomic E-state index is 12.8. The van der Waals surface area contributed by atoms with Gasteiger partial charge >= 0.3 is 17.9 Å². The number of hydrogen-bond acceptors (Lipinski definition) is 6. The third kappa shape index (κ3) is 52.4. The molecule has 0 fully saturated rings. The molecule has 0 aliphatic rings. The second-order valence-electron chi connectivity index (χ2n) is 17.1. The zero-order valence-corrected chi connectivity index (χ0v) is 42.9. The average molecular weight is 925 g/mol. The zero-order chi connectivity index (χ0) is 48.6. The summed E-state index contributed by atoms with van der Waals surface area (Å²) in [6.45, 7) is 6.26. The molecule has 1 atom stereocenters. The fourth-order valence-electron chi connectivity index (χ4n) is 6.77. The molecule has 0 radical (unpaired) electrons. The van der Waals surface area contributed by atoms with E-state index in [9.17, 15) is 14.4 Å². The van der Waals surface area contributed by atoms with Crippen LogP contribution in [-0.2, 0) is 28.6 Å². The third-order valence-electron chi connectivity index (χ3n) is 10.7. The van der Waals surface area contributed by atoms with Gasteiger partial charge in [-0.3, -0.25) is 14.4 Å². The van der Waals surface area contributed by atoms with E-state index in [2.05, 4.69) is 106 Å². The van der Waals surface area contributed by atoms with Crippen LogP contribution in [0.2, 0.25) is 0 Å². The fraction of sp³-hybridized carbons (Fsp3) is 0.590. The van der Waals surface area contributed by atoms with Crippen LogP contribution < -0.4 is 0 Å². The van der Waals surface area contributed by atoms with Gasteiger partial charge in [0.05, 0.1) is 0 Å². The summed E-state index contributed by atoms with van der Waals surface area (Å²) in [4.78, 5) is 38.0. The van der Waals surface area contributed by atoms with Crippen LogP contribution in [0.1, 0.15) is 213 Å². The number of hydrogen-bond donors (Lipinski definition) is 0. The predicted octanol–water partition coefficient (Wildman–Crippen LogP) is 17.9. The maximum atomic E-state index is 12.8. The van der Waals surface area contributed by atoms with Crippen molar-refractivity contribution in [1.29, 1.82) is 0 Å². The van der Waals surface area contributed by atoms with Gasteiger partial charge in [0.15, 0.2) is 6.10 Å². The summed E-state index contributed by atoms with van der Waals surface area (Å²) >= 11 is 0. The Balaban J connectivity index is 4.57. The van der Waals surface area contributed by atoms with Crippen LogP contribution in [0.15, 0.2) is 134 Å². The van der Waals surface area contributed by atoms with Crippen LogP contribution in [0, 0.1) is 0 Å². The number of ether oxygens (including phenoxy) is 3. The molecule has 0 heterocycles. The van der Waals surface area contributed by atoms with Crippen LogP contribution in [0.5, 0.6) is 0 Å². The minimum absolute atomic E-state index is 0.128. The highest BCUT2D eigenvalue weighted by molar-refractivity contribution is 5.71. The Kier molecular flexibility index (Phi) is 50.6. The molecule has 0 rings (SSSR count). The summed E-state index contributed by atoms with van der Waals surface area (Å²) in [5, 5.41) is 0. The summed E-state index contributed by atoms with van der Waals surface area (Å²) in [7, 11) is 0. The topological polar surface area (TPSA) is 78.9 Å². The van der Waals surface area contributed by atoms with E-state index in [0.717, 1.165) is 89.9 Å². The van der Waals surface area contributed by atoms with Gasteiger partial charge in [0, 0.05) is 19.3 Å². The Morgan fingerprint density at radius 1 is 0.328 bits per heavy atom. The Bertz CT molecular complexity index is 1480. The normalized spacial score (nSPS) is 13.2. The fourth-order valence-corrected chi connectivity index (χ4v) is 6.77.